The molecule has 0 amide bonds. The maximum Gasteiger partial charge on any atom is 0.0587 e. The van der Waals surface area contributed by atoms with Crippen molar-refractivity contribution in [1.29, 1.82) is 0 Å². The Morgan fingerprint density at radius 3 is 2.83 bits per heavy atom. The van der Waals surface area contributed by atoms with Crippen molar-refractivity contribution >= 4 is 27.5 Å². The zero-order chi connectivity index (χ0) is 13.4. The first-order valence-corrected chi connectivity index (χ1v) is 7.48. The smallest absolute Gasteiger partial charge is 0.0587 e. The van der Waals surface area contributed by atoms with Gasteiger partial charge < -0.3 is 10.1 Å². The van der Waals surface area contributed by atoms with Crippen LogP contribution in [0.5, 0.6) is 0 Å². The van der Waals surface area contributed by atoms with Gasteiger partial charge in [0.2, 0.25) is 0 Å². The van der Waals surface area contributed by atoms with Crippen molar-refractivity contribution < 1.29 is 4.74 Å². The maximum absolute atomic E-state index is 6.24. The van der Waals surface area contributed by atoms with Crippen LogP contribution in [0.2, 0.25) is 5.02 Å². The van der Waals surface area contributed by atoms with Gasteiger partial charge in [0, 0.05) is 23.1 Å². The molecule has 4 heteroatoms. The van der Waals surface area contributed by atoms with Gasteiger partial charge in [-0.2, -0.15) is 0 Å². The summed E-state index contributed by atoms with van der Waals surface area (Å²) in [5, 5.41) is 4.26. The highest BCUT2D eigenvalue weighted by atomic mass is 79.9. The fourth-order valence-corrected chi connectivity index (χ4v) is 2.59. The molecule has 18 heavy (non-hydrogen) atoms. The average molecular weight is 335 g/mol. The number of hydrogen-bond acceptors (Lipinski definition) is 2. The fraction of sp³-hybridized carbons (Fsp3) is 0.571. The first-order chi connectivity index (χ1) is 8.67. The summed E-state index contributed by atoms with van der Waals surface area (Å²) in [6.07, 6.45) is 2.16. The molecule has 1 aromatic carbocycles. The molecule has 0 saturated carbocycles. The van der Waals surface area contributed by atoms with Crippen LogP contribution in [0.4, 0.5) is 0 Å². The lowest BCUT2D eigenvalue weighted by Crippen LogP contribution is -2.27. The maximum atomic E-state index is 6.24. The van der Waals surface area contributed by atoms with Gasteiger partial charge in [-0.05, 0) is 36.6 Å². The summed E-state index contributed by atoms with van der Waals surface area (Å²) < 4.78 is 6.05. The molecule has 0 saturated heterocycles. The van der Waals surface area contributed by atoms with Gasteiger partial charge in [-0.3, -0.25) is 0 Å². The molecule has 1 unspecified atom stereocenters. The molecular weight excluding hydrogens is 314 g/mol. The molecule has 2 nitrogen and oxygen atoms in total. The zero-order valence-electron chi connectivity index (χ0n) is 11.0. The molecular formula is C14H21BrClNO. The van der Waals surface area contributed by atoms with E-state index in [4.69, 9.17) is 16.3 Å². The van der Waals surface area contributed by atoms with Gasteiger partial charge in [-0.25, -0.2) is 0 Å². The van der Waals surface area contributed by atoms with Gasteiger partial charge in [0.15, 0.2) is 0 Å². The lowest BCUT2D eigenvalue weighted by atomic mass is 9.97. The van der Waals surface area contributed by atoms with Crippen molar-refractivity contribution in [3.63, 3.8) is 0 Å². The molecule has 102 valence electrons. The molecule has 0 spiro atoms. The number of rotatable bonds is 8. The Bertz CT molecular complexity index is 360. The Morgan fingerprint density at radius 1 is 1.44 bits per heavy atom. The van der Waals surface area contributed by atoms with Gasteiger partial charge in [-0.1, -0.05) is 46.9 Å². The van der Waals surface area contributed by atoms with Crippen molar-refractivity contribution in [1.82, 2.24) is 5.32 Å². The largest absolute Gasteiger partial charge is 0.383 e. The third-order valence-corrected chi connectivity index (χ3v) is 3.86. The summed E-state index contributed by atoms with van der Waals surface area (Å²) in [7, 11) is 1.72. The van der Waals surface area contributed by atoms with Crippen LogP contribution in [0.15, 0.2) is 22.7 Å². The second-order valence-corrected chi connectivity index (χ2v) is 5.73. The number of halogens is 2. The third-order valence-electron chi connectivity index (χ3n) is 3.02. The summed E-state index contributed by atoms with van der Waals surface area (Å²) in [5.74, 6) is 0.612. The first kappa shape index (κ1) is 16.0. The molecule has 0 aliphatic heterocycles. The van der Waals surface area contributed by atoms with Crippen LogP contribution >= 0.6 is 27.5 Å². The van der Waals surface area contributed by atoms with Gasteiger partial charge in [0.1, 0.15) is 0 Å². The zero-order valence-corrected chi connectivity index (χ0v) is 13.4. The second-order valence-electron chi connectivity index (χ2n) is 4.41. The van der Waals surface area contributed by atoms with E-state index >= 15 is 0 Å². The van der Waals surface area contributed by atoms with E-state index in [2.05, 4.69) is 34.2 Å². The van der Waals surface area contributed by atoms with Crippen LogP contribution in [0.1, 0.15) is 18.9 Å². The summed E-state index contributed by atoms with van der Waals surface area (Å²) in [6.45, 7) is 4.89. The van der Waals surface area contributed by atoms with Crippen molar-refractivity contribution in [3.05, 3.63) is 33.3 Å². The average Bonchev–Trinajstić information content (AvgIpc) is 2.35. The SMILES string of the molecule is CCC(CNCCOC)Cc1ccc(Br)cc1Cl. The Balaban J connectivity index is 2.46. The minimum Gasteiger partial charge on any atom is -0.383 e. The minimum atomic E-state index is 0.612. The molecule has 0 radical (unpaired) electrons. The van der Waals surface area contributed by atoms with Crippen LogP contribution in [0, 0.1) is 5.92 Å². The minimum absolute atomic E-state index is 0.612. The van der Waals surface area contributed by atoms with Gasteiger partial charge in [0.25, 0.3) is 0 Å². The van der Waals surface area contributed by atoms with Crippen LogP contribution in [-0.4, -0.2) is 26.8 Å². The van der Waals surface area contributed by atoms with E-state index in [1.54, 1.807) is 7.11 Å². The van der Waals surface area contributed by atoms with E-state index in [0.717, 1.165) is 42.0 Å². The normalized spacial score (nSPS) is 12.7. The van der Waals surface area contributed by atoms with E-state index in [0.29, 0.717) is 5.92 Å². The van der Waals surface area contributed by atoms with E-state index in [1.807, 2.05) is 12.1 Å². The van der Waals surface area contributed by atoms with Gasteiger partial charge in [-0.15, -0.1) is 0 Å². The molecule has 0 aliphatic rings. The van der Waals surface area contributed by atoms with Crippen LogP contribution in [-0.2, 0) is 11.2 Å². The Hall–Kier alpha value is -0.0900. The highest BCUT2D eigenvalue weighted by Gasteiger charge is 2.10. The molecule has 0 aliphatic carbocycles. The molecule has 0 fully saturated rings. The topological polar surface area (TPSA) is 21.3 Å². The van der Waals surface area contributed by atoms with Gasteiger partial charge in [0.05, 0.1) is 6.61 Å². The highest BCUT2D eigenvalue weighted by Crippen LogP contribution is 2.24. The van der Waals surface area contributed by atoms with Gasteiger partial charge >= 0.3 is 0 Å². The van der Waals surface area contributed by atoms with E-state index < -0.39 is 0 Å². The molecule has 1 N–H and O–H groups in total. The number of nitrogens with one attached hydrogen (secondary N) is 1. The predicted octanol–water partition coefficient (Wildman–Crippen LogP) is 3.91. The Labute approximate surface area is 123 Å². The molecule has 0 aromatic heterocycles. The Morgan fingerprint density at radius 2 is 2.22 bits per heavy atom. The van der Waals surface area contributed by atoms with E-state index in [9.17, 15) is 0 Å². The molecule has 0 bridgehead atoms. The van der Waals surface area contributed by atoms with Crippen LogP contribution in [0.25, 0.3) is 0 Å². The lowest BCUT2D eigenvalue weighted by molar-refractivity contribution is 0.197. The number of hydrogen-bond donors (Lipinski definition) is 1. The summed E-state index contributed by atoms with van der Waals surface area (Å²) in [5.41, 5.74) is 1.22. The van der Waals surface area contributed by atoms with Crippen LogP contribution < -0.4 is 5.32 Å². The number of methoxy groups -OCH3 is 1. The van der Waals surface area contributed by atoms with Crippen molar-refractivity contribution in [2.24, 2.45) is 5.92 Å². The van der Waals surface area contributed by atoms with Crippen molar-refractivity contribution in [2.45, 2.75) is 19.8 Å². The highest BCUT2D eigenvalue weighted by molar-refractivity contribution is 9.10. The number of ether oxygens (including phenoxy) is 1. The predicted molar refractivity (Wildman–Crippen MR) is 81.4 cm³/mol. The summed E-state index contributed by atoms with van der Waals surface area (Å²) in [6, 6.07) is 6.11. The molecule has 1 aromatic rings. The second kappa shape index (κ2) is 8.92. The van der Waals surface area contributed by atoms with E-state index in [-0.39, 0.29) is 0 Å². The third kappa shape index (κ3) is 5.70. The van der Waals surface area contributed by atoms with E-state index in [1.165, 1.54) is 5.56 Å². The van der Waals surface area contributed by atoms with Crippen molar-refractivity contribution in [2.75, 3.05) is 26.8 Å². The fourth-order valence-electron chi connectivity index (χ4n) is 1.84. The first-order valence-electron chi connectivity index (χ1n) is 6.31. The van der Waals surface area contributed by atoms with Crippen LogP contribution in [0.3, 0.4) is 0 Å². The lowest BCUT2D eigenvalue weighted by Gasteiger charge is -2.16. The standard InChI is InChI=1S/C14H21BrClNO/c1-3-11(10-17-6-7-18-2)8-12-4-5-13(15)9-14(12)16/h4-5,9,11,17H,3,6-8,10H2,1-2H3. The summed E-state index contributed by atoms with van der Waals surface area (Å²) >= 11 is 9.67. The van der Waals surface area contributed by atoms with Crippen molar-refractivity contribution in [3.8, 4) is 0 Å². The number of benzene rings is 1. The summed E-state index contributed by atoms with van der Waals surface area (Å²) in [4.78, 5) is 0. The molecule has 0 heterocycles. The monoisotopic (exact) mass is 333 g/mol. The Kier molecular flexibility index (Phi) is 7.91. The molecule has 1 rings (SSSR count). The quantitative estimate of drug-likeness (QED) is 0.728. The molecule has 1 atom stereocenters.